The van der Waals surface area contributed by atoms with Crippen LogP contribution in [0.4, 0.5) is 0 Å². The first-order valence-electron chi connectivity index (χ1n) is 6.92. The Bertz CT molecular complexity index is 345. The summed E-state index contributed by atoms with van der Waals surface area (Å²) in [6.45, 7) is 4.89. The molecule has 2 heterocycles. The van der Waals surface area contributed by atoms with Crippen molar-refractivity contribution in [2.24, 2.45) is 5.92 Å². The van der Waals surface area contributed by atoms with Crippen LogP contribution in [0.5, 0.6) is 0 Å². The highest BCUT2D eigenvalue weighted by atomic mass is 15.2. The third-order valence-electron chi connectivity index (χ3n) is 4.25. The van der Waals surface area contributed by atoms with Gasteiger partial charge >= 0.3 is 0 Å². The smallest absolute Gasteiger partial charge is 0.0236 e. The quantitative estimate of drug-likeness (QED) is 0.857. The summed E-state index contributed by atoms with van der Waals surface area (Å²) in [4.78, 5) is 2.71. The molecular weight excluding hydrogens is 208 g/mol. The number of hydrogen-bond donors (Lipinski definition) is 1. The minimum absolute atomic E-state index is 0.824. The van der Waals surface area contributed by atoms with Gasteiger partial charge in [-0.05, 0) is 30.9 Å². The standard InChI is InChI=1S/C15H22N2/c1-2-6-13(7-3-1)12-17-9-5-4-8-15(17)14-10-16-11-14/h1-3,6-7,14-16H,4-5,8-12H2. The molecule has 0 amide bonds. The lowest BCUT2D eigenvalue weighted by atomic mass is 9.86. The van der Waals surface area contributed by atoms with E-state index < -0.39 is 0 Å². The molecule has 0 spiro atoms. The van der Waals surface area contributed by atoms with Crippen LogP contribution in [-0.4, -0.2) is 30.6 Å². The number of likely N-dealkylation sites (tertiary alicyclic amines) is 1. The van der Waals surface area contributed by atoms with Crippen LogP contribution in [0.3, 0.4) is 0 Å². The van der Waals surface area contributed by atoms with Crippen molar-refractivity contribution in [2.45, 2.75) is 31.8 Å². The summed E-state index contributed by atoms with van der Waals surface area (Å²) in [6, 6.07) is 11.7. The van der Waals surface area contributed by atoms with E-state index in [-0.39, 0.29) is 0 Å². The van der Waals surface area contributed by atoms with Crippen LogP contribution in [0, 0.1) is 5.92 Å². The van der Waals surface area contributed by atoms with Crippen molar-refractivity contribution in [1.29, 1.82) is 0 Å². The molecule has 0 saturated carbocycles. The molecule has 2 fully saturated rings. The lowest BCUT2D eigenvalue weighted by Crippen LogP contribution is -2.55. The minimum Gasteiger partial charge on any atom is -0.316 e. The summed E-state index contributed by atoms with van der Waals surface area (Å²) in [5.41, 5.74) is 1.46. The first-order chi connectivity index (χ1) is 8.43. The van der Waals surface area contributed by atoms with Gasteiger partial charge in [0.2, 0.25) is 0 Å². The van der Waals surface area contributed by atoms with Crippen LogP contribution < -0.4 is 5.32 Å². The van der Waals surface area contributed by atoms with Gasteiger partial charge in [-0.3, -0.25) is 4.90 Å². The van der Waals surface area contributed by atoms with Crippen molar-refractivity contribution in [3.8, 4) is 0 Å². The van der Waals surface area contributed by atoms with Crippen molar-refractivity contribution < 1.29 is 0 Å². The average Bonchev–Trinajstić information content (AvgIpc) is 2.31. The SMILES string of the molecule is c1ccc(CN2CCCCC2C2CNC2)cc1. The Morgan fingerprint density at radius 1 is 1.12 bits per heavy atom. The van der Waals surface area contributed by atoms with Gasteiger partial charge in [0.25, 0.3) is 0 Å². The molecule has 0 aromatic heterocycles. The van der Waals surface area contributed by atoms with E-state index in [0.29, 0.717) is 0 Å². The fourth-order valence-corrected chi connectivity index (χ4v) is 3.15. The molecule has 1 N–H and O–H groups in total. The number of hydrogen-bond acceptors (Lipinski definition) is 2. The zero-order valence-corrected chi connectivity index (χ0v) is 10.4. The zero-order chi connectivity index (χ0) is 11.5. The Kier molecular flexibility index (Phi) is 3.44. The third-order valence-corrected chi connectivity index (χ3v) is 4.25. The topological polar surface area (TPSA) is 15.3 Å². The number of benzene rings is 1. The molecule has 1 atom stereocenters. The summed E-state index contributed by atoms with van der Waals surface area (Å²) in [6.07, 6.45) is 4.20. The molecule has 2 saturated heterocycles. The molecule has 92 valence electrons. The summed E-state index contributed by atoms with van der Waals surface area (Å²) in [5.74, 6) is 0.902. The van der Waals surface area contributed by atoms with Gasteiger partial charge in [-0.15, -0.1) is 0 Å². The number of nitrogens with one attached hydrogen (secondary N) is 1. The fraction of sp³-hybridized carbons (Fsp3) is 0.600. The molecule has 2 aliphatic heterocycles. The Morgan fingerprint density at radius 3 is 2.65 bits per heavy atom. The van der Waals surface area contributed by atoms with E-state index >= 15 is 0 Å². The van der Waals surface area contributed by atoms with E-state index in [9.17, 15) is 0 Å². The Morgan fingerprint density at radius 2 is 1.94 bits per heavy atom. The fourth-order valence-electron chi connectivity index (χ4n) is 3.15. The van der Waals surface area contributed by atoms with Crippen LogP contribution in [0.2, 0.25) is 0 Å². The first kappa shape index (κ1) is 11.2. The van der Waals surface area contributed by atoms with Gasteiger partial charge in [0.1, 0.15) is 0 Å². The number of piperidine rings is 1. The van der Waals surface area contributed by atoms with Crippen molar-refractivity contribution >= 4 is 0 Å². The minimum atomic E-state index is 0.824. The van der Waals surface area contributed by atoms with Gasteiger partial charge in [-0.1, -0.05) is 36.8 Å². The monoisotopic (exact) mass is 230 g/mol. The predicted molar refractivity (Wildman–Crippen MR) is 70.9 cm³/mol. The summed E-state index contributed by atoms with van der Waals surface area (Å²) >= 11 is 0. The molecule has 0 bridgehead atoms. The molecule has 2 heteroatoms. The molecule has 3 rings (SSSR count). The molecule has 1 unspecified atom stereocenters. The second-order valence-corrected chi connectivity index (χ2v) is 5.44. The van der Waals surface area contributed by atoms with E-state index in [2.05, 4.69) is 40.5 Å². The van der Waals surface area contributed by atoms with Gasteiger partial charge in [-0.2, -0.15) is 0 Å². The van der Waals surface area contributed by atoms with Gasteiger partial charge < -0.3 is 5.32 Å². The van der Waals surface area contributed by atoms with Crippen LogP contribution in [-0.2, 0) is 6.54 Å². The maximum absolute atomic E-state index is 3.42. The predicted octanol–water partition coefficient (Wildman–Crippen LogP) is 2.26. The second-order valence-electron chi connectivity index (χ2n) is 5.44. The molecule has 0 radical (unpaired) electrons. The molecular formula is C15H22N2. The molecule has 17 heavy (non-hydrogen) atoms. The van der Waals surface area contributed by atoms with E-state index in [4.69, 9.17) is 0 Å². The highest BCUT2D eigenvalue weighted by Gasteiger charge is 2.32. The van der Waals surface area contributed by atoms with Crippen LogP contribution in [0.15, 0.2) is 30.3 Å². The zero-order valence-electron chi connectivity index (χ0n) is 10.4. The molecule has 1 aromatic rings. The van der Waals surface area contributed by atoms with E-state index in [0.717, 1.165) is 18.5 Å². The highest BCUT2D eigenvalue weighted by Crippen LogP contribution is 2.27. The van der Waals surface area contributed by atoms with E-state index in [1.54, 1.807) is 0 Å². The lowest BCUT2D eigenvalue weighted by molar-refractivity contribution is 0.0685. The second kappa shape index (κ2) is 5.19. The molecule has 2 nitrogen and oxygen atoms in total. The van der Waals surface area contributed by atoms with Gasteiger partial charge in [-0.25, -0.2) is 0 Å². The van der Waals surface area contributed by atoms with Gasteiger partial charge in [0, 0.05) is 25.7 Å². The molecule has 2 aliphatic rings. The number of rotatable bonds is 3. The van der Waals surface area contributed by atoms with Crippen LogP contribution >= 0.6 is 0 Å². The normalized spacial score (nSPS) is 26.7. The largest absolute Gasteiger partial charge is 0.316 e. The van der Waals surface area contributed by atoms with Gasteiger partial charge in [0.05, 0.1) is 0 Å². The maximum atomic E-state index is 3.42. The van der Waals surface area contributed by atoms with E-state index in [1.165, 1.54) is 44.5 Å². The molecule has 1 aromatic carbocycles. The van der Waals surface area contributed by atoms with Crippen molar-refractivity contribution in [1.82, 2.24) is 10.2 Å². The highest BCUT2D eigenvalue weighted by molar-refractivity contribution is 5.14. The lowest BCUT2D eigenvalue weighted by Gasteiger charge is -2.44. The average molecular weight is 230 g/mol. The number of nitrogens with zero attached hydrogens (tertiary/aromatic N) is 1. The third kappa shape index (κ3) is 2.53. The van der Waals surface area contributed by atoms with Crippen LogP contribution in [0.25, 0.3) is 0 Å². The summed E-state index contributed by atoms with van der Waals surface area (Å²) in [7, 11) is 0. The first-order valence-corrected chi connectivity index (χ1v) is 6.92. The van der Waals surface area contributed by atoms with Crippen molar-refractivity contribution in [3.05, 3.63) is 35.9 Å². The molecule has 0 aliphatic carbocycles. The van der Waals surface area contributed by atoms with Gasteiger partial charge in [0.15, 0.2) is 0 Å². The van der Waals surface area contributed by atoms with E-state index in [1.807, 2.05) is 0 Å². The maximum Gasteiger partial charge on any atom is 0.0236 e. The summed E-state index contributed by atoms with van der Waals surface area (Å²) < 4.78 is 0. The van der Waals surface area contributed by atoms with Crippen LogP contribution in [0.1, 0.15) is 24.8 Å². The van der Waals surface area contributed by atoms with Crippen molar-refractivity contribution in [3.63, 3.8) is 0 Å². The Labute approximate surface area is 104 Å². The Hall–Kier alpha value is -0.860. The Balaban J connectivity index is 1.66. The van der Waals surface area contributed by atoms with Crippen molar-refractivity contribution in [2.75, 3.05) is 19.6 Å². The summed E-state index contributed by atoms with van der Waals surface area (Å²) in [5, 5.41) is 3.42.